The van der Waals surface area contributed by atoms with Gasteiger partial charge in [0.1, 0.15) is 11.6 Å². The van der Waals surface area contributed by atoms with E-state index in [9.17, 15) is 10.1 Å². The fraction of sp³-hybridized carbons (Fsp3) is 0.412. The van der Waals surface area contributed by atoms with Crippen molar-refractivity contribution in [1.82, 2.24) is 4.90 Å². The first-order chi connectivity index (χ1) is 10.1. The van der Waals surface area contributed by atoms with Gasteiger partial charge in [-0.3, -0.25) is 4.79 Å². The third-order valence-corrected chi connectivity index (χ3v) is 3.91. The van der Waals surface area contributed by atoms with Gasteiger partial charge in [-0.05, 0) is 44.7 Å². The molecule has 1 aliphatic heterocycles. The lowest BCUT2D eigenvalue weighted by atomic mass is 10.0. The van der Waals surface area contributed by atoms with E-state index in [1.807, 2.05) is 37.3 Å². The molecule has 1 aliphatic rings. The second kappa shape index (κ2) is 6.94. The van der Waals surface area contributed by atoms with Crippen molar-refractivity contribution >= 4 is 11.6 Å². The molecule has 21 heavy (non-hydrogen) atoms. The molecular weight excluding hydrogens is 262 g/mol. The number of para-hydroxylation sites is 1. The largest absolute Gasteiger partial charge is 0.373 e. The van der Waals surface area contributed by atoms with E-state index in [4.69, 9.17) is 0 Å². The smallest absolute Gasteiger partial charge is 0.267 e. The number of hydrogen-bond donors (Lipinski definition) is 1. The van der Waals surface area contributed by atoms with Gasteiger partial charge in [0.25, 0.3) is 5.91 Å². The van der Waals surface area contributed by atoms with Crippen LogP contribution in [0.3, 0.4) is 0 Å². The minimum absolute atomic E-state index is 0.159. The lowest BCUT2D eigenvalue weighted by Gasteiger charge is -2.32. The first kappa shape index (κ1) is 15.1. The molecule has 4 heteroatoms. The van der Waals surface area contributed by atoms with E-state index in [1.54, 1.807) is 6.20 Å². The molecule has 1 unspecified atom stereocenters. The van der Waals surface area contributed by atoms with Gasteiger partial charge in [0.15, 0.2) is 0 Å². The van der Waals surface area contributed by atoms with Crippen molar-refractivity contribution in [3.8, 4) is 6.07 Å². The average Bonchev–Trinajstić information content (AvgIpc) is 2.48. The summed E-state index contributed by atoms with van der Waals surface area (Å²) in [7, 11) is 0. The van der Waals surface area contributed by atoms with Crippen LogP contribution < -0.4 is 5.32 Å². The molecule has 1 aromatic carbocycles. The van der Waals surface area contributed by atoms with Crippen molar-refractivity contribution in [2.45, 2.75) is 39.2 Å². The van der Waals surface area contributed by atoms with E-state index in [0.717, 1.165) is 30.6 Å². The Morgan fingerprint density at radius 1 is 1.43 bits per heavy atom. The molecule has 1 N–H and O–H groups in total. The highest BCUT2D eigenvalue weighted by atomic mass is 16.1. The van der Waals surface area contributed by atoms with Crippen molar-refractivity contribution in [1.29, 1.82) is 5.26 Å². The predicted octanol–water partition coefficient (Wildman–Crippen LogP) is 3.22. The molecule has 1 fully saturated rings. The summed E-state index contributed by atoms with van der Waals surface area (Å²) in [4.78, 5) is 14.3. The molecule has 0 aliphatic carbocycles. The van der Waals surface area contributed by atoms with Crippen LogP contribution >= 0.6 is 0 Å². The first-order valence-corrected chi connectivity index (χ1v) is 7.36. The zero-order valence-electron chi connectivity index (χ0n) is 12.6. The van der Waals surface area contributed by atoms with Crippen molar-refractivity contribution < 1.29 is 4.79 Å². The Bertz CT molecular complexity index is 586. The standard InChI is InChI=1S/C17H21N3O/c1-13-7-3-4-9-16(13)19-17(21)15(11-18)12-20-10-6-5-8-14(20)2/h3-4,7,9,12,14H,5-6,8,10H2,1-2H3,(H,19,21)/b15-12-. The van der Waals surface area contributed by atoms with Gasteiger partial charge in [-0.2, -0.15) is 5.26 Å². The molecule has 0 saturated carbocycles. The Hall–Kier alpha value is -2.28. The minimum atomic E-state index is -0.343. The van der Waals surface area contributed by atoms with E-state index in [2.05, 4.69) is 17.1 Å². The number of nitrogens with one attached hydrogen (secondary N) is 1. The summed E-state index contributed by atoms with van der Waals surface area (Å²) in [6, 6.07) is 9.95. The molecule has 0 bridgehead atoms. The number of carbonyl (C=O) groups excluding carboxylic acids is 1. The summed E-state index contributed by atoms with van der Waals surface area (Å²) in [5, 5.41) is 12.1. The molecule has 1 saturated heterocycles. The lowest BCUT2D eigenvalue weighted by Crippen LogP contribution is -2.34. The number of benzene rings is 1. The number of carbonyl (C=O) groups is 1. The highest BCUT2D eigenvalue weighted by Crippen LogP contribution is 2.19. The maximum atomic E-state index is 12.2. The Morgan fingerprint density at radius 2 is 2.19 bits per heavy atom. The fourth-order valence-corrected chi connectivity index (χ4v) is 2.52. The van der Waals surface area contributed by atoms with E-state index in [1.165, 1.54) is 6.42 Å². The van der Waals surface area contributed by atoms with Gasteiger partial charge in [-0.1, -0.05) is 18.2 Å². The van der Waals surface area contributed by atoms with Crippen LogP contribution in [0.15, 0.2) is 36.0 Å². The fourth-order valence-electron chi connectivity index (χ4n) is 2.52. The van der Waals surface area contributed by atoms with Gasteiger partial charge < -0.3 is 10.2 Å². The van der Waals surface area contributed by atoms with Crippen LogP contribution in [0.1, 0.15) is 31.7 Å². The zero-order chi connectivity index (χ0) is 15.2. The SMILES string of the molecule is Cc1ccccc1NC(=O)/C(C#N)=C\N1CCCCC1C. The van der Waals surface area contributed by atoms with E-state index in [0.29, 0.717) is 6.04 Å². The minimum Gasteiger partial charge on any atom is -0.373 e. The molecule has 1 heterocycles. The third kappa shape index (κ3) is 3.85. The van der Waals surface area contributed by atoms with Crippen LogP contribution in [0.4, 0.5) is 5.69 Å². The van der Waals surface area contributed by atoms with Crippen molar-refractivity contribution in [3.05, 3.63) is 41.6 Å². The third-order valence-electron chi connectivity index (χ3n) is 3.91. The summed E-state index contributed by atoms with van der Waals surface area (Å²) in [5.41, 5.74) is 1.89. The van der Waals surface area contributed by atoms with Crippen LogP contribution in [0.5, 0.6) is 0 Å². The number of anilines is 1. The van der Waals surface area contributed by atoms with Gasteiger partial charge in [0.2, 0.25) is 0 Å². The maximum absolute atomic E-state index is 12.2. The van der Waals surface area contributed by atoms with Gasteiger partial charge >= 0.3 is 0 Å². The number of aryl methyl sites for hydroxylation is 1. The number of nitrogens with zero attached hydrogens (tertiary/aromatic N) is 2. The molecule has 1 amide bonds. The quantitative estimate of drug-likeness (QED) is 0.684. The van der Waals surface area contributed by atoms with E-state index in [-0.39, 0.29) is 11.5 Å². The molecule has 1 atom stereocenters. The van der Waals surface area contributed by atoms with Crippen LogP contribution in [-0.2, 0) is 4.79 Å². The van der Waals surface area contributed by atoms with Crippen LogP contribution in [0.25, 0.3) is 0 Å². The maximum Gasteiger partial charge on any atom is 0.267 e. The molecule has 0 aromatic heterocycles. The Kier molecular flexibility index (Phi) is 4.99. The number of piperidine rings is 1. The Balaban J connectivity index is 2.12. The first-order valence-electron chi connectivity index (χ1n) is 7.36. The van der Waals surface area contributed by atoms with Crippen LogP contribution in [-0.4, -0.2) is 23.4 Å². The summed E-state index contributed by atoms with van der Waals surface area (Å²) < 4.78 is 0. The number of nitriles is 1. The summed E-state index contributed by atoms with van der Waals surface area (Å²) in [6.07, 6.45) is 5.13. The van der Waals surface area contributed by atoms with Crippen molar-refractivity contribution in [2.24, 2.45) is 0 Å². The molecule has 1 aromatic rings. The van der Waals surface area contributed by atoms with Crippen molar-refractivity contribution in [3.63, 3.8) is 0 Å². The van der Waals surface area contributed by atoms with E-state index < -0.39 is 0 Å². The molecule has 110 valence electrons. The molecule has 4 nitrogen and oxygen atoms in total. The number of hydrogen-bond acceptors (Lipinski definition) is 3. The molecule has 0 radical (unpaired) electrons. The normalized spacial score (nSPS) is 19.0. The van der Waals surface area contributed by atoms with E-state index >= 15 is 0 Å². The second-order valence-corrected chi connectivity index (χ2v) is 5.51. The predicted molar refractivity (Wildman–Crippen MR) is 83.5 cm³/mol. The van der Waals surface area contributed by atoms with Crippen molar-refractivity contribution in [2.75, 3.05) is 11.9 Å². The average molecular weight is 283 g/mol. The zero-order valence-corrected chi connectivity index (χ0v) is 12.6. The highest BCUT2D eigenvalue weighted by molar-refractivity contribution is 6.06. The highest BCUT2D eigenvalue weighted by Gasteiger charge is 2.18. The number of rotatable bonds is 3. The summed E-state index contributed by atoms with van der Waals surface area (Å²) in [6.45, 7) is 4.96. The Labute approximate surface area is 126 Å². The van der Waals surface area contributed by atoms with Gasteiger partial charge in [0, 0.05) is 24.5 Å². The van der Waals surface area contributed by atoms with Gasteiger partial charge in [-0.15, -0.1) is 0 Å². The molecule has 0 spiro atoms. The number of likely N-dealkylation sites (tertiary alicyclic amines) is 1. The summed E-state index contributed by atoms with van der Waals surface area (Å²) in [5.74, 6) is -0.343. The molecular formula is C17H21N3O. The monoisotopic (exact) mass is 283 g/mol. The van der Waals surface area contributed by atoms with Gasteiger partial charge in [0.05, 0.1) is 0 Å². The topological polar surface area (TPSA) is 56.1 Å². The van der Waals surface area contributed by atoms with Crippen LogP contribution in [0.2, 0.25) is 0 Å². The Morgan fingerprint density at radius 3 is 2.86 bits per heavy atom. The lowest BCUT2D eigenvalue weighted by molar-refractivity contribution is -0.112. The molecule has 2 rings (SSSR count). The second-order valence-electron chi connectivity index (χ2n) is 5.51. The number of amides is 1. The van der Waals surface area contributed by atoms with Crippen LogP contribution in [0, 0.1) is 18.3 Å². The van der Waals surface area contributed by atoms with Gasteiger partial charge in [-0.25, -0.2) is 0 Å². The summed E-state index contributed by atoms with van der Waals surface area (Å²) >= 11 is 0.